The molecule has 140 valence electrons. The predicted molar refractivity (Wildman–Crippen MR) is 93.7 cm³/mol. The Morgan fingerprint density at radius 1 is 1.37 bits per heavy atom. The van der Waals surface area contributed by atoms with E-state index in [0.29, 0.717) is 25.8 Å². The third-order valence-corrected chi connectivity index (χ3v) is 4.68. The number of rotatable bonds is 5. The third-order valence-electron chi connectivity index (χ3n) is 4.68. The first-order valence-corrected chi connectivity index (χ1v) is 8.67. The van der Waals surface area contributed by atoms with Crippen molar-refractivity contribution in [2.24, 2.45) is 0 Å². The lowest BCUT2D eigenvalue weighted by Crippen LogP contribution is -2.57. The van der Waals surface area contributed by atoms with Gasteiger partial charge in [0.15, 0.2) is 0 Å². The number of aromatic carboxylic acids is 1. The molecule has 1 fully saturated rings. The molecule has 0 radical (unpaired) electrons. The fourth-order valence-electron chi connectivity index (χ4n) is 3.24. The molecule has 1 amide bonds. The molecule has 2 aromatic rings. The first-order valence-electron chi connectivity index (χ1n) is 8.67. The van der Waals surface area contributed by atoms with Crippen LogP contribution in [0.2, 0.25) is 6.32 Å². The number of amides is 1. The maximum absolute atomic E-state index is 12.2. The van der Waals surface area contributed by atoms with Gasteiger partial charge in [-0.25, -0.2) is 4.79 Å². The summed E-state index contributed by atoms with van der Waals surface area (Å²) in [4.78, 5) is 25.5. The Bertz CT molecular complexity index is 866. The Balaban J connectivity index is 1.43. The molecule has 1 aromatic carbocycles. The molecule has 2 aliphatic heterocycles. The Labute approximate surface area is 155 Å². The molecular weight excluding hydrogens is 353 g/mol. The summed E-state index contributed by atoms with van der Waals surface area (Å²) in [6.07, 6.45) is 3.99. The lowest BCUT2D eigenvalue weighted by atomic mass is 9.78. The van der Waals surface area contributed by atoms with Gasteiger partial charge in [-0.2, -0.15) is 5.10 Å². The standard InChI is InChI=1S/C17H18BN3O6/c22-14(10-21-7-1-6-19-21)20-8-12(9-20)26-13-3-2-11-4-5-18(25)27-16(11)15(13)17(23)24/h1-3,6-7,12,25H,4-5,8-10H2,(H,23,24). The second kappa shape index (κ2) is 6.95. The van der Waals surface area contributed by atoms with E-state index in [0.717, 1.165) is 5.56 Å². The molecule has 4 rings (SSSR count). The predicted octanol–water partition coefficient (Wildman–Crippen LogP) is 0.286. The Kier molecular flexibility index (Phi) is 4.48. The van der Waals surface area contributed by atoms with E-state index < -0.39 is 13.1 Å². The largest absolute Gasteiger partial charge is 0.535 e. The average Bonchev–Trinajstić information content (AvgIpc) is 3.09. The smallest absolute Gasteiger partial charge is 0.522 e. The quantitative estimate of drug-likeness (QED) is 0.726. The van der Waals surface area contributed by atoms with Crippen LogP contribution in [-0.2, 0) is 17.8 Å². The van der Waals surface area contributed by atoms with Gasteiger partial charge in [0.1, 0.15) is 29.7 Å². The molecule has 9 nitrogen and oxygen atoms in total. The monoisotopic (exact) mass is 371 g/mol. The van der Waals surface area contributed by atoms with E-state index >= 15 is 0 Å². The highest BCUT2D eigenvalue weighted by molar-refractivity contribution is 6.44. The highest BCUT2D eigenvalue weighted by atomic mass is 16.5. The van der Waals surface area contributed by atoms with Crippen LogP contribution >= 0.6 is 0 Å². The number of carbonyl (C=O) groups is 2. The molecule has 10 heteroatoms. The number of carboxylic acid groups (broad SMARTS) is 1. The molecular formula is C17H18BN3O6. The summed E-state index contributed by atoms with van der Waals surface area (Å²) < 4.78 is 12.7. The molecule has 2 N–H and O–H groups in total. The first-order chi connectivity index (χ1) is 13.0. The molecule has 0 unspecified atom stereocenters. The van der Waals surface area contributed by atoms with E-state index in [4.69, 9.17) is 9.39 Å². The topological polar surface area (TPSA) is 114 Å². The molecule has 2 aliphatic rings. The van der Waals surface area contributed by atoms with Crippen LogP contribution in [0.4, 0.5) is 0 Å². The summed E-state index contributed by atoms with van der Waals surface area (Å²) in [5.41, 5.74) is 0.641. The normalized spacial score (nSPS) is 16.3. The number of fused-ring (bicyclic) bond motifs is 1. The minimum Gasteiger partial charge on any atom is -0.535 e. The molecule has 0 aliphatic carbocycles. The lowest BCUT2D eigenvalue weighted by Gasteiger charge is -2.39. The van der Waals surface area contributed by atoms with Gasteiger partial charge < -0.3 is 24.4 Å². The summed E-state index contributed by atoms with van der Waals surface area (Å²) >= 11 is 0. The number of likely N-dealkylation sites (tertiary alicyclic amines) is 1. The number of hydrogen-bond donors (Lipinski definition) is 2. The van der Waals surface area contributed by atoms with Crippen LogP contribution < -0.4 is 9.39 Å². The number of aromatic nitrogens is 2. The third kappa shape index (κ3) is 3.48. The Morgan fingerprint density at radius 3 is 2.89 bits per heavy atom. The van der Waals surface area contributed by atoms with E-state index in [9.17, 15) is 19.7 Å². The first kappa shape index (κ1) is 17.4. The zero-order valence-corrected chi connectivity index (χ0v) is 14.4. The number of carbonyl (C=O) groups excluding carboxylic acids is 1. The summed E-state index contributed by atoms with van der Waals surface area (Å²) in [7, 11) is -1.02. The van der Waals surface area contributed by atoms with Crippen molar-refractivity contribution < 1.29 is 29.1 Å². The van der Waals surface area contributed by atoms with Gasteiger partial charge in [-0.1, -0.05) is 6.07 Å². The minimum atomic E-state index is -1.18. The summed E-state index contributed by atoms with van der Waals surface area (Å²) in [6.45, 7) is 0.907. The van der Waals surface area contributed by atoms with Crippen LogP contribution in [0.3, 0.4) is 0 Å². The molecule has 0 bridgehead atoms. The number of benzene rings is 1. The van der Waals surface area contributed by atoms with Crippen LogP contribution in [0.25, 0.3) is 0 Å². The average molecular weight is 371 g/mol. The van der Waals surface area contributed by atoms with Gasteiger partial charge in [0.05, 0.1) is 13.1 Å². The molecule has 1 saturated heterocycles. The van der Waals surface area contributed by atoms with Crippen molar-refractivity contribution in [3.8, 4) is 11.5 Å². The fourth-order valence-corrected chi connectivity index (χ4v) is 3.24. The van der Waals surface area contributed by atoms with Crippen LogP contribution in [0, 0.1) is 0 Å². The maximum Gasteiger partial charge on any atom is 0.522 e. The van der Waals surface area contributed by atoms with Crippen molar-refractivity contribution in [3.05, 3.63) is 41.7 Å². The van der Waals surface area contributed by atoms with Crippen LogP contribution in [0.1, 0.15) is 15.9 Å². The fraction of sp³-hybridized carbons (Fsp3) is 0.353. The molecule has 3 heterocycles. The number of hydrogen-bond acceptors (Lipinski definition) is 6. The Morgan fingerprint density at radius 2 is 2.19 bits per heavy atom. The second-order valence-corrected chi connectivity index (χ2v) is 6.59. The maximum atomic E-state index is 12.2. The summed E-state index contributed by atoms with van der Waals surface area (Å²) in [6, 6.07) is 5.11. The highest BCUT2D eigenvalue weighted by Gasteiger charge is 2.35. The van der Waals surface area contributed by atoms with Crippen LogP contribution in [-0.4, -0.2) is 63.0 Å². The van der Waals surface area contributed by atoms with Crippen molar-refractivity contribution in [2.75, 3.05) is 13.1 Å². The van der Waals surface area contributed by atoms with Crippen LogP contribution in [0.15, 0.2) is 30.6 Å². The number of carboxylic acids is 1. The second-order valence-electron chi connectivity index (χ2n) is 6.59. The lowest BCUT2D eigenvalue weighted by molar-refractivity contribution is -0.140. The molecule has 1 aromatic heterocycles. The summed E-state index contributed by atoms with van der Waals surface area (Å²) in [5.74, 6) is -0.917. The van der Waals surface area contributed by atoms with Crippen molar-refractivity contribution in [2.45, 2.75) is 25.4 Å². The van der Waals surface area contributed by atoms with Gasteiger partial charge in [0.25, 0.3) is 0 Å². The van der Waals surface area contributed by atoms with Crippen molar-refractivity contribution in [1.82, 2.24) is 14.7 Å². The van der Waals surface area contributed by atoms with E-state index in [1.165, 1.54) is 0 Å². The van der Waals surface area contributed by atoms with Crippen molar-refractivity contribution in [1.29, 1.82) is 0 Å². The van der Waals surface area contributed by atoms with Gasteiger partial charge >= 0.3 is 13.1 Å². The van der Waals surface area contributed by atoms with Crippen molar-refractivity contribution >= 4 is 19.0 Å². The zero-order valence-electron chi connectivity index (χ0n) is 14.4. The van der Waals surface area contributed by atoms with Crippen LogP contribution in [0.5, 0.6) is 11.5 Å². The molecule has 0 saturated carbocycles. The zero-order chi connectivity index (χ0) is 19.0. The van der Waals surface area contributed by atoms with Gasteiger partial charge in [0, 0.05) is 12.4 Å². The number of nitrogens with zero attached hydrogens (tertiary/aromatic N) is 3. The van der Waals surface area contributed by atoms with Gasteiger partial charge in [0.2, 0.25) is 5.91 Å². The number of aryl methyl sites for hydroxylation is 1. The van der Waals surface area contributed by atoms with Gasteiger partial charge in [-0.15, -0.1) is 0 Å². The SMILES string of the molecule is O=C(O)c1c(OC2CN(C(=O)Cn3cccn3)C2)ccc2c1OB(O)CC2. The minimum absolute atomic E-state index is 0.0751. The van der Waals surface area contributed by atoms with E-state index in [-0.39, 0.29) is 35.6 Å². The summed E-state index contributed by atoms with van der Waals surface area (Å²) in [5, 5.41) is 23.3. The molecule has 0 spiro atoms. The Hall–Kier alpha value is -3.01. The van der Waals surface area contributed by atoms with Gasteiger partial charge in [-0.05, 0) is 30.4 Å². The van der Waals surface area contributed by atoms with E-state index in [1.807, 2.05) is 0 Å². The van der Waals surface area contributed by atoms with Gasteiger partial charge in [-0.3, -0.25) is 9.48 Å². The number of ether oxygens (including phenoxy) is 1. The van der Waals surface area contributed by atoms with Crippen molar-refractivity contribution in [3.63, 3.8) is 0 Å². The molecule has 0 atom stereocenters. The highest BCUT2D eigenvalue weighted by Crippen LogP contribution is 2.37. The molecule has 27 heavy (non-hydrogen) atoms. The van der Waals surface area contributed by atoms with E-state index in [1.54, 1.807) is 40.2 Å². The van der Waals surface area contributed by atoms with E-state index in [2.05, 4.69) is 5.10 Å².